The third kappa shape index (κ3) is 4.51. The second-order valence-electron chi connectivity index (χ2n) is 3.28. The summed E-state index contributed by atoms with van der Waals surface area (Å²) in [7, 11) is -2.39. The predicted octanol–water partition coefficient (Wildman–Crippen LogP) is -0.584. The van der Waals surface area contributed by atoms with Gasteiger partial charge in [0.05, 0.1) is 18.7 Å². The molecule has 0 atom stereocenters. The molecule has 0 saturated carbocycles. The number of nitrogens with zero attached hydrogens (tertiary/aromatic N) is 2. The molecular formula is C8H13N3O5S. The van der Waals surface area contributed by atoms with Crippen molar-refractivity contribution in [1.82, 2.24) is 14.2 Å². The molecule has 9 heteroatoms. The third-order valence-electron chi connectivity index (χ3n) is 1.98. The van der Waals surface area contributed by atoms with Crippen molar-refractivity contribution in [3.8, 4) is 0 Å². The maximum Gasteiger partial charge on any atom is 0.304 e. The Kier molecular flexibility index (Phi) is 4.61. The zero-order valence-electron chi connectivity index (χ0n) is 9.16. The lowest BCUT2D eigenvalue weighted by atomic mass is 10.4. The minimum absolute atomic E-state index is 0.00373. The maximum atomic E-state index is 11.6. The zero-order chi connectivity index (χ0) is 12.9. The van der Waals surface area contributed by atoms with Gasteiger partial charge in [0.25, 0.3) is 10.2 Å². The van der Waals surface area contributed by atoms with Crippen LogP contribution >= 0.6 is 0 Å². The molecule has 0 aliphatic heterocycles. The SMILES string of the molecule is CN(CCC(=O)O)S(=O)(=O)NCc1ccon1. The second kappa shape index (κ2) is 5.75. The van der Waals surface area contributed by atoms with Crippen LogP contribution in [0, 0.1) is 0 Å². The summed E-state index contributed by atoms with van der Waals surface area (Å²) in [4.78, 5) is 10.3. The van der Waals surface area contributed by atoms with E-state index in [4.69, 9.17) is 5.11 Å². The minimum atomic E-state index is -3.69. The van der Waals surface area contributed by atoms with Gasteiger partial charge >= 0.3 is 5.97 Å². The Labute approximate surface area is 98.4 Å². The normalized spacial score (nSPS) is 11.9. The molecule has 1 aromatic rings. The molecule has 1 aromatic heterocycles. The van der Waals surface area contributed by atoms with E-state index in [0.29, 0.717) is 5.69 Å². The summed E-state index contributed by atoms with van der Waals surface area (Å²) in [6.45, 7) is -0.0975. The number of rotatable bonds is 7. The van der Waals surface area contributed by atoms with Crippen molar-refractivity contribution in [3.05, 3.63) is 18.0 Å². The summed E-state index contributed by atoms with van der Waals surface area (Å²) >= 11 is 0. The molecule has 0 unspecified atom stereocenters. The molecule has 0 bridgehead atoms. The molecule has 0 aliphatic carbocycles. The number of hydrogen-bond donors (Lipinski definition) is 2. The van der Waals surface area contributed by atoms with Gasteiger partial charge in [-0.3, -0.25) is 4.79 Å². The number of carboxylic acids is 1. The van der Waals surface area contributed by atoms with Gasteiger partial charge in [-0.15, -0.1) is 0 Å². The zero-order valence-corrected chi connectivity index (χ0v) is 9.98. The summed E-state index contributed by atoms with van der Waals surface area (Å²) in [6.07, 6.45) is 1.08. The van der Waals surface area contributed by atoms with Crippen LogP contribution in [0.5, 0.6) is 0 Å². The van der Waals surface area contributed by atoms with Gasteiger partial charge in [-0.1, -0.05) is 5.16 Å². The molecule has 0 spiro atoms. The Balaban J connectivity index is 2.47. The number of aromatic nitrogens is 1. The Morgan fingerprint density at radius 3 is 2.88 bits per heavy atom. The largest absolute Gasteiger partial charge is 0.481 e. The van der Waals surface area contributed by atoms with E-state index in [0.717, 1.165) is 4.31 Å². The standard InChI is InChI=1S/C8H13N3O5S/c1-11(4-2-8(12)13)17(14,15)9-6-7-3-5-16-10-7/h3,5,9H,2,4,6H2,1H3,(H,12,13). The fourth-order valence-corrected chi connectivity index (χ4v) is 1.86. The van der Waals surface area contributed by atoms with E-state index in [-0.39, 0.29) is 19.5 Å². The van der Waals surface area contributed by atoms with Gasteiger partial charge in [-0.25, -0.2) is 0 Å². The first kappa shape index (κ1) is 13.6. The van der Waals surface area contributed by atoms with Gasteiger partial charge in [-0.05, 0) is 0 Å². The van der Waals surface area contributed by atoms with Gasteiger partial charge < -0.3 is 9.63 Å². The van der Waals surface area contributed by atoms with E-state index in [1.807, 2.05) is 0 Å². The first-order valence-corrected chi connectivity index (χ1v) is 6.18. The highest BCUT2D eigenvalue weighted by atomic mass is 32.2. The minimum Gasteiger partial charge on any atom is -0.481 e. The van der Waals surface area contributed by atoms with Gasteiger partial charge in [0.15, 0.2) is 0 Å². The van der Waals surface area contributed by atoms with Crippen molar-refractivity contribution in [2.24, 2.45) is 0 Å². The van der Waals surface area contributed by atoms with E-state index in [9.17, 15) is 13.2 Å². The predicted molar refractivity (Wildman–Crippen MR) is 57.1 cm³/mol. The van der Waals surface area contributed by atoms with Crippen molar-refractivity contribution in [1.29, 1.82) is 0 Å². The highest BCUT2D eigenvalue weighted by Gasteiger charge is 2.18. The van der Waals surface area contributed by atoms with E-state index >= 15 is 0 Å². The average Bonchev–Trinajstić information content (AvgIpc) is 2.75. The van der Waals surface area contributed by atoms with Crippen LogP contribution < -0.4 is 4.72 Å². The number of hydrogen-bond acceptors (Lipinski definition) is 5. The quantitative estimate of drug-likeness (QED) is 0.680. The number of aliphatic carboxylic acids is 1. The van der Waals surface area contributed by atoms with E-state index in [2.05, 4.69) is 14.4 Å². The Morgan fingerprint density at radius 1 is 1.65 bits per heavy atom. The van der Waals surface area contributed by atoms with Crippen LogP contribution in [-0.4, -0.2) is 42.5 Å². The lowest BCUT2D eigenvalue weighted by Gasteiger charge is -2.15. The van der Waals surface area contributed by atoms with Crippen molar-refractivity contribution in [2.75, 3.05) is 13.6 Å². The first-order valence-electron chi connectivity index (χ1n) is 4.74. The van der Waals surface area contributed by atoms with E-state index in [1.54, 1.807) is 0 Å². The fourth-order valence-electron chi connectivity index (χ4n) is 0.977. The molecule has 1 heterocycles. The van der Waals surface area contributed by atoms with E-state index < -0.39 is 16.2 Å². The number of carbonyl (C=O) groups is 1. The summed E-state index contributed by atoms with van der Waals surface area (Å²) in [5.41, 5.74) is 0.445. The van der Waals surface area contributed by atoms with E-state index in [1.165, 1.54) is 19.4 Å². The maximum absolute atomic E-state index is 11.6. The van der Waals surface area contributed by atoms with Crippen molar-refractivity contribution < 1.29 is 22.8 Å². The third-order valence-corrected chi connectivity index (χ3v) is 3.49. The summed E-state index contributed by atoms with van der Waals surface area (Å²) < 4.78 is 30.9. The van der Waals surface area contributed by atoms with Crippen molar-refractivity contribution in [3.63, 3.8) is 0 Å². The van der Waals surface area contributed by atoms with Crippen LogP contribution in [0.1, 0.15) is 12.1 Å². The molecule has 0 fully saturated rings. The molecule has 2 N–H and O–H groups in total. The monoisotopic (exact) mass is 263 g/mol. The van der Waals surface area contributed by atoms with Crippen LogP contribution in [0.25, 0.3) is 0 Å². The molecule has 0 aliphatic rings. The van der Waals surface area contributed by atoms with Gasteiger partial charge in [0.1, 0.15) is 6.26 Å². The number of carboxylic acid groups (broad SMARTS) is 1. The highest BCUT2D eigenvalue weighted by Crippen LogP contribution is 1.99. The van der Waals surface area contributed by atoms with Gasteiger partial charge in [-0.2, -0.15) is 17.4 Å². The molecule has 0 radical (unpaired) electrons. The van der Waals surface area contributed by atoms with Crippen LogP contribution in [0.4, 0.5) is 0 Å². The average molecular weight is 263 g/mol. The molecule has 96 valence electrons. The summed E-state index contributed by atoms with van der Waals surface area (Å²) in [5, 5.41) is 12.0. The summed E-state index contributed by atoms with van der Waals surface area (Å²) in [5.74, 6) is -1.05. The van der Waals surface area contributed by atoms with Crippen molar-refractivity contribution in [2.45, 2.75) is 13.0 Å². The molecule has 1 rings (SSSR count). The first-order chi connectivity index (χ1) is 7.92. The Bertz CT molecular complexity index is 456. The Hall–Kier alpha value is -1.45. The smallest absolute Gasteiger partial charge is 0.304 e. The number of nitrogens with one attached hydrogen (secondary N) is 1. The van der Waals surface area contributed by atoms with Gasteiger partial charge in [0, 0.05) is 19.7 Å². The molecule has 17 heavy (non-hydrogen) atoms. The lowest BCUT2D eigenvalue weighted by Crippen LogP contribution is -2.38. The van der Waals surface area contributed by atoms with Crippen LogP contribution in [0.15, 0.2) is 16.9 Å². The Morgan fingerprint density at radius 2 is 2.35 bits per heavy atom. The summed E-state index contributed by atoms with van der Waals surface area (Å²) in [6, 6.07) is 1.53. The lowest BCUT2D eigenvalue weighted by molar-refractivity contribution is -0.137. The highest BCUT2D eigenvalue weighted by molar-refractivity contribution is 7.87. The molecular weight excluding hydrogens is 250 g/mol. The fraction of sp³-hybridized carbons (Fsp3) is 0.500. The topological polar surface area (TPSA) is 113 Å². The molecule has 8 nitrogen and oxygen atoms in total. The molecule has 0 amide bonds. The molecule has 0 aromatic carbocycles. The van der Waals surface area contributed by atoms with Crippen molar-refractivity contribution >= 4 is 16.2 Å². The van der Waals surface area contributed by atoms with Gasteiger partial charge in [0.2, 0.25) is 0 Å². The van der Waals surface area contributed by atoms with Crippen LogP contribution in [0.3, 0.4) is 0 Å². The van der Waals surface area contributed by atoms with Crippen LogP contribution in [-0.2, 0) is 21.5 Å². The van der Waals surface area contributed by atoms with Crippen LogP contribution in [0.2, 0.25) is 0 Å². The second-order valence-corrected chi connectivity index (χ2v) is 5.14. The molecule has 0 saturated heterocycles.